The zero-order valence-electron chi connectivity index (χ0n) is 17.5. The van der Waals surface area contributed by atoms with Crippen molar-refractivity contribution >= 4 is 11.3 Å². The number of aliphatic hydroxyl groups excluding tert-OH is 4. The predicted octanol–water partition coefficient (Wildman–Crippen LogP) is 1.09. The van der Waals surface area contributed by atoms with E-state index in [0.29, 0.717) is 13.2 Å². The van der Waals surface area contributed by atoms with E-state index in [1.807, 2.05) is 24.1 Å². The summed E-state index contributed by atoms with van der Waals surface area (Å²) in [5.74, 6) is 5.83. The number of thiazole rings is 1. The highest BCUT2D eigenvalue weighted by molar-refractivity contribution is 7.10. The van der Waals surface area contributed by atoms with Gasteiger partial charge in [0.1, 0.15) is 17.8 Å². The van der Waals surface area contributed by atoms with Gasteiger partial charge in [-0.05, 0) is 46.1 Å². The maximum atomic E-state index is 9.90. The molecule has 2 rings (SSSR count). The quantitative estimate of drug-likeness (QED) is 0.346. The van der Waals surface area contributed by atoms with Gasteiger partial charge in [-0.15, -0.1) is 11.3 Å². The minimum absolute atomic E-state index is 0.255. The van der Waals surface area contributed by atoms with E-state index in [2.05, 4.69) is 16.8 Å². The molecule has 1 saturated heterocycles. The van der Waals surface area contributed by atoms with Crippen molar-refractivity contribution in [1.29, 1.82) is 0 Å². The largest absolute Gasteiger partial charge is 0.389 e. The summed E-state index contributed by atoms with van der Waals surface area (Å²) in [7, 11) is 0. The summed E-state index contributed by atoms with van der Waals surface area (Å²) in [5.41, 5.74) is 0.465. The van der Waals surface area contributed by atoms with Crippen LogP contribution in [0, 0.1) is 11.8 Å². The van der Waals surface area contributed by atoms with Crippen molar-refractivity contribution in [3.63, 3.8) is 0 Å². The smallest absolute Gasteiger partial charge is 0.167 e. The van der Waals surface area contributed by atoms with Gasteiger partial charge in [-0.1, -0.05) is 18.8 Å². The molecule has 1 aliphatic heterocycles. The van der Waals surface area contributed by atoms with Gasteiger partial charge < -0.3 is 25.2 Å². The molecule has 29 heavy (non-hydrogen) atoms. The van der Waals surface area contributed by atoms with Gasteiger partial charge in [-0.3, -0.25) is 4.90 Å². The number of aromatic nitrogens is 1. The molecule has 1 fully saturated rings. The Morgan fingerprint density at radius 2 is 1.72 bits per heavy atom. The fourth-order valence-corrected chi connectivity index (χ4v) is 4.24. The van der Waals surface area contributed by atoms with E-state index in [0.717, 1.165) is 36.4 Å². The second-order valence-electron chi connectivity index (χ2n) is 8.06. The topological polar surface area (TPSA) is 106 Å². The van der Waals surface area contributed by atoms with Crippen LogP contribution in [0.3, 0.4) is 0 Å². The van der Waals surface area contributed by atoms with Gasteiger partial charge >= 0.3 is 0 Å². The van der Waals surface area contributed by atoms with Crippen molar-refractivity contribution in [2.45, 2.75) is 76.5 Å². The van der Waals surface area contributed by atoms with Crippen molar-refractivity contribution in [1.82, 2.24) is 9.88 Å². The van der Waals surface area contributed by atoms with Crippen LogP contribution < -0.4 is 0 Å². The zero-order valence-corrected chi connectivity index (χ0v) is 18.4. The van der Waals surface area contributed by atoms with Crippen LogP contribution in [0.15, 0.2) is 5.38 Å². The van der Waals surface area contributed by atoms with Crippen LogP contribution in [-0.2, 0) is 10.3 Å². The highest BCUT2D eigenvalue weighted by Gasteiger charge is 2.35. The summed E-state index contributed by atoms with van der Waals surface area (Å²) in [5, 5.41) is 42.1. The molecule has 4 atom stereocenters. The lowest BCUT2D eigenvalue weighted by Crippen LogP contribution is -2.43. The molecule has 0 saturated carbocycles. The van der Waals surface area contributed by atoms with E-state index in [9.17, 15) is 20.4 Å². The molecule has 0 spiro atoms. The lowest BCUT2D eigenvalue weighted by atomic mass is 10.1. The highest BCUT2D eigenvalue weighted by Crippen LogP contribution is 2.26. The van der Waals surface area contributed by atoms with E-state index in [4.69, 9.17) is 4.74 Å². The third kappa shape index (κ3) is 7.30. The summed E-state index contributed by atoms with van der Waals surface area (Å²) in [6, 6.07) is 0. The highest BCUT2D eigenvalue weighted by atomic mass is 32.1. The molecular formula is C21H34N2O5S. The number of β-amino-alcohol motifs (C(OH)–C–C–N with tert-alkyl or cyclic N) is 2. The molecule has 2 heterocycles. The van der Waals surface area contributed by atoms with Crippen LogP contribution in [0.25, 0.3) is 0 Å². The Bertz CT molecular complexity index is 668. The van der Waals surface area contributed by atoms with Crippen LogP contribution in [0.5, 0.6) is 0 Å². The lowest BCUT2D eigenvalue weighted by molar-refractivity contribution is -0.0894. The normalized spacial score (nSPS) is 26.0. The third-order valence-electron chi connectivity index (χ3n) is 5.21. The Hall–Kier alpha value is -1.05. The van der Waals surface area contributed by atoms with E-state index in [1.165, 1.54) is 11.3 Å². The molecule has 4 N–H and O–H groups in total. The molecule has 0 aliphatic carbocycles. The van der Waals surface area contributed by atoms with Crippen LogP contribution >= 0.6 is 11.3 Å². The summed E-state index contributed by atoms with van der Waals surface area (Å²) in [6.45, 7) is 7.70. The Labute approximate surface area is 177 Å². The predicted molar refractivity (Wildman–Crippen MR) is 113 cm³/mol. The van der Waals surface area contributed by atoms with Crippen LogP contribution in [0.1, 0.15) is 57.2 Å². The molecular weight excluding hydrogens is 392 g/mol. The first-order valence-corrected chi connectivity index (χ1v) is 11.1. The standard InChI is InChI=1S/C21H34N2O5S/c1-4-9-18-22-17(14-29-18)21(2,3)28-11-8-6-5-7-10-23-12-15(24)19(26)20(27)16(25)13-23/h14-16,19-20,24-27H,5-8,10-13H2,1-3H3/t15-,16-,19+,20+/m0/s1. The molecule has 0 bridgehead atoms. The molecule has 0 amide bonds. The SMILES string of the molecule is CC#Cc1nc(C(C)(C)OCCCCCCN2C[C@H](O)[C@@H](O)[C@H](O)[C@@H](O)C2)cs1. The number of aliphatic hydroxyl groups is 4. The summed E-state index contributed by atoms with van der Waals surface area (Å²) >= 11 is 1.53. The van der Waals surface area contributed by atoms with Gasteiger partial charge in [0, 0.05) is 25.1 Å². The van der Waals surface area contributed by atoms with Crippen LogP contribution in [-0.4, -0.2) is 81.0 Å². The van der Waals surface area contributed by atoms with Crippen molar-refractivity contribution in [2.75, 3.05) is 26.2 Å². The average Bonchev–Trinajstić information content (AvgIpc) is 3.12. The fraction of sp³-hybridized carbons (Fsp3) is 0.762. The molecule has 8 heteroatoms. The van der Waals surface area contributed by atoms with Gasteiger partial charge in [0.15, 0.2) is 5.01 Å². The number of unbranched alkanes of at least 4 members (excludes halogenated alkanes) is 3. The average molecular weight is 427 g/mol. The monoisotopic (exact) mass is 426 g/mol. The maximum Gasteiger partial charge on any atom is 0.167 e. The number of hydrogen-bond acceptors (Lipinski definition) is 8. The second-order valence-corrected chi connectivity index (χ2v) is 8.92. The molecule has 0 unspecified atom stereocenters. The number of ether oxygens (including phenoxy) is 1. The first kappa shape index (κ1) is 24.2. The zero-order chi connectivity index (χ0) is 21.4. The number of nitrogens with zero attached hydrogens (tertiary/aromatic N) is 2. The van der Waals surface area contributed by atoms with Crippen molar-refractivity contribution in [3.05, 3.63) is 16.1 Å². The molecule has 0 radical (unpaired) electrons. The van der Waals surface area contributed by atoms with Gasteiger partial charge in [0.2, 0.25) is 0 Å². The van der Waals surface area contributed by atoms with E-state index in [1.54, 1.807) is 6.92 Å². The third-order valence-corrected chi connectivity index (χ3v) is 5.97. The van der Waals surface area contributed by atoms with E-state index in [-0.39, 0.29) is 13.1 Å². The Morgan fingerprint density at radius 3 is 2.34 bits per heavy atom. The molecule has 164 valence electrons. The lowest BCUT2D eigenvalue weighted by Gasteiger charge is -2.24. The number of likely N-dealkylation sites (tertiary alicyclic amines) is 1. The summed E-state index contributed by atoms with van der Waals surface area (Å²) < 4.78 is 6.04. The van der Waals surface area contributed by atoms with Gasteiger partial charge in [-0.2, -0.15) is 0 Å². The van der Waals surface area contributed by atoms with Gasteiger partial charge in [-0.25, -0.2) is 4.98 Å². The fourth-order valence-electron chi connectivity index (χ4n) is 3.36. The summed E-state index contributed by atoms with van der Waals surface area (Å²) in [4.78, 5) is 6.42. The number of rotatable bonds is 9. The van der Waals surface area contributed by atoms with Crippen LogP contribution in [0.2, 0.25) is 0 Å². The molecule has 7 nitrogen and oxygen atoms in total. The minimum Gasteiger partial charge on any atom is -0.389 e. The second kappa shape index (κ2) is 11.4. The van der Waals surface area contributed by atoms with Crippen molar-refractivity contribution in [2.24, 2.45) is 0 Å². The Balaban J connectivity index is 1.63. The summed E-state index contributed by atoms with van der Waals surface area (Å²) in [6.07, 6.45) is -0.830. The molecule has 1 aromatic rings. The van der Waals surface area contributed by atoms with Crippen molar-refractivity contribution in [3.8, 4) is 11.8 Å². The molecule has 0 aromatic carbocycles. The first-order chi connectivity index (χ1) is 13.7. The Kier molecular flexibility index (Phi) is 9.50. The van der Waals surface area contributed by atoms with Gasteiger partial charge in [0.05, 0.1) is 17.9 Å². The van der Waals surface area contributed by atoms with E-state index >= 15 is 0 Å². The van der Waals surface area contributed by atoms with Crippen LogP contribution in [0.4, 0.5) is 0 Å². The molecule has 1 aliphatic rings. The van der Waals surface area contributed by atoms with Gasteiger partial charge in [0.25, 0.3) is 0 Å². The first-order valence-electron chi connectivity index (χ1n) is 10.2. The number of hydrogen-bond donors (Lipinski definition) is 4. The minimum atomic E-state index is -1.31. The molecule has 1 aromatic heterocycles. The Morgan fingerprint density at radius 1 is 1.10 bits per heavy atom. The maximum absolute atomic E-state index is 9.90. The van der Waals surface area contributed by atoms with Crippen molar-refractivity contribution < 1.29 is 25.2 Å². The van der Waals surface area contributed by atoms with E-state index < -0.39 is 30.0 Å².